The van der Waals surface area contributed by atoms with Crippen molar-refractivity contribution < 1.29 is 24.0 Å². The number of carbonyl (C=O) groups is 2. The lowest BCUT2D eigenvalue weighted by Gasteiger charge is -2.28. The second-order valence-corrected chi connectivity index (χ2v) is 6.75. The van der Waals surface area contributed by atoms with Gasteiger partial charge in [0.05, 0.1) is 6.61 Å². The fourth-order valence-electron chi connectivity index (χ4n) is 2.81. The van der Waals surface area contributed by atoms with Crippen LogP contribution in [0.5, 0.6) is 5.75 Å². The van der Waals surface area contributed by atoms with Crippen LogP contribution in [0.25, 0.3) is 0 Å². The van der Waals surface area contributed by atoms with Gasteiger partial charge < -0.3 is 14.4 Å². The van der Waals surface area contributed by atoms with Gasteiger partial charge in [0, 0.05) is 18.7 Å². The van der Waals surface area contributed by atoms with E-state index < -0.39 is 13.1 Å². The van der Waals surface area contributed by atoms with Crippen LogP contribution in [-0.4, -0.2) is 30.5 Å². The van der Waals surface area contributed by atoms with Crippen LogP contribution in [0, 0.1) is 5.92 Å². The fraction of sp³-hybridized carbons (Fsp3) is 0.556. The molecule has 0 unspecified atom stereocenters. The Morgan fingerprint density at radius 1 is 1.42 bits per heavy atom. The van der Waals surface area contributed by atoms with Crippen molar-refractivity contribution in [1.82, 2.24) is 0 Å². The molecule has 0 radical (unpaired) electrons. The zero-order valence-corrected chi connectivity index (χ0v) is 14.6. The molecule has 0 saturated carbocycles. The third-order valence-corrected chi connectivity index (χ3v) is 4.01. The van der Waals surface area contributed by atoms with Crippen LogP contribution >= 0.6 is 0 Å². The van der Waals surface area contributed by atoms with Gasteiger partial charge in [0.1, 0.15) is 17.1 Å². The first-order chi connectivity index (χ1) is 11.4. The zero-order chi connectivity index (χ0) is 17.7. The molecule has 2 rings (SSSR count). The van der Waals surface area contributed by atoms with E-state index in [2.05, 4.69) is 0 Å². The van der Waals surface area contributed by atoms with Crippen molar-refractivity contribution in [3.05, 3.63) is 29.3 Å². The number of ether oxygens (including phenoxy) is 1. The van der Waals surface area contributed by atoms with E-state index in [1.54, 1.807) is 12.1 Å². The fourth-order valence-corrected chi connectivity index (χ4v) is 2.81. The summed E-state index contributed by atoms with van der Waals surface area (Å²) >= 11 is 0. The number of hydrogen-bond acceptors (Lipinski definition) is 5. The quantitative estimate of drug-likeness (QED) is 0.614. The number of hydrogen-bond donors (Lipinski definition) is 1. The highest BCUT2D eigenvalue weighted by Gasteiger charge is 2.37. The van der Waals surface area contributed by atoms with E-state index >= 15 is 0 Å². The molecule has 1 heterocycles. The molecule has 0 aliphatic carbocycles. The Labute approximate surface area is 143 Å². The summed E-state index contributed by atoms with van der Waals surface area (Å²) in [4.78, 5) is 24.1. The molecule has 1 aliphatic heterocycles. The number of para-hydroxylation sites is 1. The van der Waals surface area contributed by atoms with E-state index in [-0.39, 0.29) is 23.9 Å². The minimum absolute atomic E-state index is 0.126. The highest BCUT2D eigenvalue weighted by molar-refractivity contribution is 6.47. The van der Waals surface area contributed by atoms with Crippen LogP contribution in [0.3, 0.4) is 0 Å². The Morgan fingerprint density at radius 2 is 2.17 bits per heavy atom. The molecule has 0 bridgehead atoms. The average molecular weight is 332 g/mol. The first-order valence-corrected chi connectivity index (χ1v) is 8.57. The van der Waals surface area contributed by atoms with Crippen molar-refractivity contribution >= 4 is 18.9 Å². The molecule has 130 valence electrons. The summed E-state index contributed by atoms with van der Waals surface area (Å²) in [7, 11) is -1.09. The summed E-state index contributed by atoms with van der Waals surface area (Å²) in [5, 5.41) is 10.2. The highest BCUT2D eigenvalue weighted by atomic mass is 16.5. The van der Waals surface area contributed by atoms with Gasteiger partial charge in [-0.1, -0.05) is 32.9 Å². The summed E-state index contributed by atoms with van der Waals surface area (Å²) < 4.78 is 10.8. The maximum atomic E-state index is 12.2. The predicted octanol–water partition coefficient (Wildman–Crippen LogP) is 3.04. The predicted molar refractivity (Wildman–Crippen MR) is 92.1 cm³/mol. The average Bonchev–Trinajstić information content (AvgIpc) is 2.53. The maximum absolute atomic E-state index is 12.2. The molecule has 1 N–H and O–H groups in total. The van der Waals surface area contributed by atoms with E-state index in [1.807, 2.05) is 26.8 Å². The van der Waals surface area contributed by atoms with Crippen LogP contribution in [0.4, 0.5) is 0 Å². The van der Waals surface area contributed by atoms with E-state index in [0.717, 1.165) is 12.0 Å². The van der Waals surface area contributed by atoms with Crippen molar-refractivity contribution in [2.75, 3.05) is 6.61 Å². The Morgan fingerprint density at radius 3 is 2.83 bits per heavy atom. The van der Waals surface area contributed by atoms with Crippen LogP contribution in [0.15, 0.2) is 18.2 Å². The molecular weight excluding hydrogens is 307 g/mol. The number of benzene rings is 1. The van der Waals surface area contributed by atoms with Gasteiger partial charge >= 0.3 is 13.1 Å². The number of carbonyl (C=O) groups excluding carboxylic acids is 2. The smallest absolute Gasteiger partial charge is 0.526 e. The third kappa shape index (κ3) is 4.60. The number of ketones is 1. The molecule has 1 aromatic rings. The lowest BCUT2D eigenvalue weighted by molar-refractivity contribution is -0.119. The van der Waals surface area contributed by atoms with Crippen LogP contribution in [-0.2, 0) is 16.0 Å². The molecule has 0 aromatic heterocycles. The molecule has 0 fully saturated rings. The normalized spacial score (nSPS) is 16.5. The molecule has 5 nitrogen and oxygen atoms in total. The highest BCUT2D eigenvalue weighted by Crippen LogP contribution is 2.36. The monoisotopic (exact) mass is 332 g/mol. The van der Waals surface area contributed by atoms with Crippen molar-refractivity contribution in [3.63, 3.8) is 0 Å². The van der Waals surface area contributed by atoms with Gasteiger partial charge in [0.15, 0.2) is 0 Å². The summed E-state index contributed by atoms with van der Waals surface area (Å²) in [5.74, 6) is 0.0137. The van der Waals surface area contributed by atoms with Gasteiger partial charge in [-0.15, -0.1) is 0 Å². The minimum Gasteiger partial charge on any atom is -0.535 e. The molecule has 24 heavy (non-hydrogen) atoms. The number of rotatable bonds is 7. The lowest BCUT2D eigenvalue weighted by Crippen LogP contribution is -2.36. The molecular formula is C18H25BO5. The summed E-state index contributed by atoms with van der Waals surface area (Å²) in [6.45, 7) is 6.22. The van der Waals surface area contributed by atoms with Gasteiger partial charge in [-0.3, -0.25) is 4.79 Å². The van der Waals surface area contributed by atoms with E-state index in [1.165, 1.54) is 0 Å². The van der Waals surface area contributed by atoms with Crippen molar-refractivity contribution in [1.29, 1.82) is 0 Å². The lowest BCUT2D eigenvalue weighted by atomic mass is 9.64. The molecule has 1 atom stereocenters. The number of esters is 1. The van der Waals surface area contributed by atoms with Crippen LogP contribution < -0.4 is 4.65 Å². The molecule has 0 spiro atoms. The van der Waals surface area contributed by atoms with Gasteiger partial charge in [0.25, 0.3) is 0 Å². The Bertz CT molecular complexity index is 599. The topological polar surface area (TPSA) is 72.8 Å². The maximum Gasteiger partial charge on any atom is 0.526 e. The SMILES string of the molecule is CCCC(=O)C[C@H]1Cc2cccc(C(=O)OCC(C)C)c2OB1O. The molecule has 1 aromatic carbocycles. The van der Waals surface area contributed by atoms with Crippen LogP contribution in [0.1, 0.15) is 56.0 Å². The van der Waals surface area contributed by atoms with Gasteiger partial charge in [-0.05, 0) is 30.4 Å². The van der Waals surface area contributed by atoms with Crippen molar-refractivity contribution in [2.45, 2.75) is 52.3 Å². The Hall–Kier alpha value is -1.82. The minimum atomic E-state index is -1.09. The Balaban J connectivity index is 2.14. The second kappa shape index (κ2) is 8.33. The number of fused-ring (bicyclic) bond motifs is 1. The standard InChI is InChI=1S/C18H25BO5/c1-4-6-15(20)10-14-9-13-7-5-8-16(17(13)24-19(14)22)18(21)23-11-12(2)3/h5,7-8,12,14,22H,4,6,9-11H2,1-3H3/t14-/m1/s1. The van der Waals surface area contributed by atoms with E-state index in [4.69, 9.17) is 9.39 Å². The second-order valence-electron chi connectivity index (χ2n) is 6.75. The van der Waals surface area contributed by atoms with E-state index in [9.17, 15) is 14.6 Å². The molecule has 1 aliphatic rings. The summed E-state index contributed by atoms with van der Waals surface area (Å²) in [5.41, 5.74) is 1.15. The van der Waals surface area contributed by atoms with E-state index in [0.29, 0.717) is 30.8 Å². The van der Waals surface area contributed by atoms with Crippen molar-refractivity contribution in [3.8, 4) is 5.75 Å². The third-order valence-electron chi connectivity index (χ3n) is 4.01. The zero-order valence-electron chi connectivity index (χ0n) is 14.6. The number of Topliss-reactive ketones (excluding diaryl/α,β-unsaturated/α-hetero) is 1. The first-order valence-electron chi connectivity index (χ1n) is 8.57. The molecule has 6 heteroatoms. The molecule has 0 saturated heterocycles. The van der Waals surface area contributed by atoms with Gasteiger partial charge in [-0.25, -0.2) is 4.79 Å². The van der Waals surface area contributed by atoms with Gasteiger partial charge in [0.2, 0.25) is 0 Å². The summed E-state index contributed by atoms with van der Waals surface area (Å²) in [6, 6.07) is 5.27. The first kappa shape index (κ1) is 18.5. The van der Waals surface area contributed by atoms with Crippen LogP contribution in [0.2, 0.25) is 5.82 Å². The Kier molecular flexibility index (Phi) is 6.43. The molecule has 0 amide bonds. The summed E-state index contributed by atoms with van der Waals surface area (Å²) in [6.07, 6.45) is 2.11. The largest absolute Gasteiger partial charge is 0.535 e. The van der Waals surface area contributed by atoms with Crippen molar-refractivity contribution in [2.24, 2.45) is 5.92 Å². The van der Waals surface area contributed by atoms with Gasteiger partial charge in [-0.2, -0.15) is 0 Å².